The van der Waals surface area contributed by atoms with Gasteiger partial charge in [-0.25, -0.2) is 0 Å². The van der Waals surface area contributed by atoms with Crippen LogP contribution in [0.2, 0.25) is 0 Å². The number of carbonyl (C=O) groups is 1. The van der Waals surface area contributed by atoms with Crippen LogP contribution in [0, 0.1) is 5.92 Å². The molecule has 2 N–H and O–H groups in total. The molecule has 4 heteroatoms. The van der Waals surface area contributed by atoms with E-state index in [0.29, 0.717) is 17.2 Å². The number of rotatable bonds is 6. The Balaban J connectivity index is 2.70. The van der Waals surface area contributed by atoms with Crippen LogP contribution in [-0.4, -0.2) is 24.2 Å². The van der Waals surface area contributed by atoms with Gasteiger partial charge in [0.05, 0.1) is 7.11 Å². The second-order valence-corrected chi connectivity index (χ2v) is 4.86. The van der Waals surface area contributed by atoms with Gasteiger partial charge in [0.1, 0.15) is 5.75 Å². The number of ether oxygens (including phenoxy) is 1. The minimum atomic E-state index is -1.17. The highest BCUT2D eigenvalue weighted by atomic mass is 16.5. The van der Waals surface area contributed by atoms with Crippen molar-refractivity contribution in [3.8, 4) is 5.75 Å². The van der Waals surface area contributed by atoms with Gasteiger partial charge in [0.25, 0.3) is 5.91 Å². The number of nitrogens with one attached hydrogen (secondary N) is 1. The molecule has 0 spiro atoms. The molecule has 3 unspecified atom stereocenters. The van der Waals surface area contributed by atoms with Crippen molar-refractivity contribution in [2.75, 3.05) is 7.11 Å². The molecule has 0 aliphatic carbocycles. The first-order valence-corrected chi connectivity index (χ1v) is 6.62. The minimum absolute atomic E-state index is 0.0396. The minimum Gasteiger partial charge on any atom is -0.497 e. The lowest BCUT2D eigenvalue weighted by Gasteiger charge is -2.22. The van der Waals surface area contributed by atoms with Gasteiger partial charge in [-0.2, -0.15) is 0 Å². The molecule has 0 radical (unpaired) electrons. The smallest absolute Gasteiger partial charge is 0.253 e. The maximum Gasteiger partial charge on any atom is 0.253 e. The average molecular weight is 265 g/mol. The van der Waals surface area contributed by atoms with Crippen LogP contribution in [0.1, 0.15) is 38.9 Å². The third-order valence-electron chi connectivity index (χ3n) is 3.53. The predicted molar refractivity (Wildman–Crippen MR) is 75.0 cm³/mol. The van der Waals surface area contributed by atoms with Crippen LogP contribution in [0.5, 0.6) is 5.75 Å². The Bertz CT molecular complexity index is 420. The molecule has 1 rings (SSSR count). The van der Waals surface area contributed by atoms with Crippen molar-refractivity contribution in [3.05, 3.63) is 29.8 Å². The second-order valence-electron chi connectivity index (χ2n) is 4.86. The van der Waals surface area contributed by atoms with Crippen molar-refractivity contribution in [2.24, 2.45) is 5.92 Å². The lowest BCUT2D eigenvalue weighted by atomic mass is 10.00. The fraction of sp³-hybridized carbons (Fsp3) is 0.533. The SMILES string of the molecule is CCC(C)C(C)NC(=O)C(O)c1cccc(OC)c1. The molecule has 1 amide bonds. The van der Waals surface area contributed by atoms with Crippen molar-refractivity contribution in [3.63, 3.8) is 0 Å². The summed E-state index contributed by atoms with van der Waals surface area (Å²) in [5.74, 6) is 0.627. The largest absolute Gasteiger partial charge is 0.497 e. The van der Waals surface area contributed by atoms with E-state index in [1.165, 1.54) is 0 Å². The van der Waals surface area contributed by atoms with E-state index in [4.69, 9.17) is 4.74 Å². The van der Waals surface area contributed by atoms with Gasteiger partial charge in [-0.3, -0.25) is 4.79 Å². The molecular formula is C15H23NO3. The van der Waals surface area contributed by atoms with Crippen LogP contribution in [0.3, 0.4) is 0 Å². The Morgan fingerprint density at radius 1 is 1.42 bits per heavy atom. The topological polar surface area (TPSA) is 58.6 Å². The lowest BCUT2D eigenvalue weighted by molar-refractivity contribution is -0.130. The number of carbonyl (C=O) groups excluding carboxylic acids is 1. The first-order chi connectivity index (χ1) is 8.99. The van der Waals surface area contributed by atoms with E-state index < -0.39 is 6.10 Å². The zero-order valence-electron chi connectivity index (χ0n) is 12.0. The van der Waals surface area contributed by atoms with Crippen LogP contribution >= 0.6 is 0 Å². The number of aliphatic hydroxyl groups is 1. The molecule has 0 bridgehead atoms. The zero-order valence-corrected chi connectivity index (χ0v) is 12.0. The highest BCUT2D eigenvalue weighted by Gasteiger charge is 2.21. The summed E-state index contributed by atoms with van der Waals surface area (Å²) in [4.78, 5) is 12.0. The summed E-state index contributed by atoms with van der Waals surface area (Å²) in [5, 5.41) is 12.9. The molecule has 0 fully saturated rings. The molecule has 106 valence electrons. The van der Waals surface area contributed by atoms with E-state index in [0.717, 1.165) is 6.42 Å². The first-order valence-electron chi connectivity index (χ1n) is 6.62. The summed E-state index contributed by atoms with van der Waals surface area (Å²) in [7, 11) is 1.55. The molecule has 0 heterocycles. The summed E-state index contributed by atoms with van der Waals surface area (Å²) >= 11 is 0. The van der Waals surface area contributed by atoms with Crippen LogP contribution in [0.4, 0.5) is 0 Å². The molecule has 0 aromatic heterocycles. The molecule has 0 aliphatic rings. The summed E-state index contributed by atoms with van der Waals surface area (Å²) < 4.78 is 5.08. The molecule has 1 aromatic rings. The summed E-state index contributed by atoms with van der Waals surface area (Å²) in [6, 6.07) is 6.94. The van der Waals surface area contributed by atoms with Crippen molar-refractivity contribution < 1.29 is 14.6 Å². The normalized spacial score (nSPS) is 15.4. The van der Waals surface area contributed by atoms with Gasteiger partial charge in [-0.15, -0.1) is 0 Å². The van der Waals surface area contributed by atoms with Crippen LogP contribution < -0.4 is 10.1 Å². The standard InChI is InChI=1S/C15H23NO3/c1-5-10(2)11(3)16-15(18)14(17)12-7-6-8-13(9-12)19-4/h6-11,14,17H,5H2,1-4H3,(H,16,18). The van der Waals surface area contributed by atoms with Crippen LogP contribution in [0.25, 0.3) is 0 Å². The van der Waals surface area contributed by atoms with Crippen molar-refractivity contribution >= 4 is 5.91 Å². The molecule has 4 nitrogen and oxygen atoms in total. The predicted octanol–water partition coefficient (Wildman–Crippen LogP) is 2.28. The third kappa shape index (κ3) is 4.24. The molecule has 19 heavy (non-hydrogen) atoms. The monoisotopic (exact) mass is 265 g/mol. The molecule has 3 atom stereocenters. The molecule has 1 aromatic carbocycles. The fourth-order valence-electron chi connectivity index (χ4n) is 1.76. The van der Waals surface area contributed by atoms with E-state index >= 15 is 0 Å². The van der Waals surface area contributed by atoms with E-state index in [1.54, 1.807) is 31.4 Å². The van der Waals surface area contributed by atoms with E-state index in [-0.39, 0.29) is 11.9 Å². The Morgan fingerprint density at radius 2 is 2.11 bits per heavy atom. The molecular weight excluding hydrogens is 242 g/mol. The maximum atomic E-state index is 12.0. The number of aliphatic hydroxyl groups excluding tert-OH is 1. The third-order valence-corrected chi connectivity index (χ3v) is 3.53. The van der Waals surface area contributed by atoms with Crippen LogP contribution in [-0.2, 0) is 4.79 Å². The number of hydrogen-bond donors (Lipinski definition) is 2. The van der Waals surface area contributed by atoms with Gasteiger partial charge in [0.2, 0.25) is 0 Å². The number of benzene rings is 1. The summed E-state index contributed by atoms with van der Waals surface area (Å²) in [6.45, 7) is 6.10. The molecule has 0 saturated heterocycles. The number of methoxy groups -OCH3 is 1. The Labute approximate surface area is 114 Å². The Kier molecular flexibility index (Phi) is 5.83. The van der Waals surface area contributed by atoms with Crippen molar-refractivity contribution in [2.45, 2.75) is 39.3 Å². The van der Waals surface area contributed by atoms with Crippen molar-refractivity contribution in [1.82, 2.24) is 5.32 Å². The van der Waals surface area contributed by atoms with Gasteiger partial charge in [-0.1, -0.05) is 32.4 Å². The quantitative estimate of drug-likeness (QED) is 0.829. The average Bonchev–Trinajstić information content (AvgIpc) is 2.45. The molecule has 0 aliphatic heterocycles. The number of hydrogen-bond acceptors (Lipinski definition) is 3. The number of amides is 1. The highest BCUT2D eigenvalue weighted by Crippen LogP contribution is 2.19. The van der Waals surface area contributed by atoms with Gasteiger partial charge >= 0.3 is 0 Å². The van der Waals surface area contributed by atoms with Crippen molar-refractivity contribution in [1.29, 1.82) is 0 Å². The maximum absolute atomic E-state index is 12.0. The fourth-order valence-corrected chi connectivity index (χ4v) is 1.76. The second kappa shape index (κ2) is 7.14. The highest BCUT2D eigenvalue weighted by molar-refractivity contribution is 5.82. The lowest BCUT2D eigenvalue weighted by Crippen LogP contribution is -2.39. The van der Waals surface area contributed by atoms with Gasteiger partial charge in [-0.05, 0) is 30.5 Å². The first kappa shape index (κ1) is 15.5. The summed E-state index contributed by atoms with van der Waals surface area (Å²) in [5.41, 5.74) is 0.535. The Hall–Kier alpha value is -1.55. The Morgan fingerprint density at radius 3 is 2.68 bits per heavy atom. The van der Waals surface area contributed by atoms with E-state index in [9.17, 15) is 9.90 Å². The zero-order chi connectivity index (χ0) is 14.4. The molecule has 0 saturated carbocycles. The van der Waals surface area contributed by atoms with Gasteiger partial charge in [0.15, 0.2) is 6.10 Å². The van der Waals surface area contributed by atoms with Gasteiger partial charge in [0, 0.05) is 6.04 Å². The van der Waals surface area contributed by atoms with E-state index in [1.807, 2.05) is 6.92 Å². The summed E-state index contributed by atoms with van der Waals surface area (Å²) in [6.07, 6.45) is -0.182. The van der Waals surface area contributed by atoms with Crippen LogP contribution in [0.15, 0.2) is 24.3 Å². The van der Waals surface area contributed by atoms with E-state index in [2.05, 4.69) is 19.2 Å². The van der Waals surface area contributed by atoms with Gasteiger partial charge < -0.3 is 15.2 Å².